The molecule has 1 heterocycles. The number of anilines is 1. The summed E-state index contributed by atoms with van der Waals surface area (Å²) < 4.78 is 5.41. The molecule has 0 fully saturated rings. The van der Waals surface area contributed by atoms with Crippen LogP contribution in [-0.2, 0) is 11.2 Å². The largest absolute Gasteiger partial charge is 0.384 e. The van der Waals surface area contributed by atoms with Gasteiger partial charge in [0.2, 0.25) is 0 Å². The molecule has 4 nitrogen and oxygen atoms in total. The number of rotatable bonds is 7. The molecule has 1 aliphatic heterocycles. The molecule has 0 radical (unpaired) electrons. The molecule has 1 aromatic rings. The van der Waals surface area contributed by atoms with E-state index >= 15 is 0 Å². The highest BCUT2D eigenvalue weighted by atomic mass is 16.5. The van der Waals surface area contributed by atoms with E-state index in [2.05, 4.69) is 17.6 Å². The highest BCUT2D eigenvalue weighted by Crippen LogP contribution is 2.22. The van der Waals surface area contributed by atoms with Crippen LogP contribution in [0.1, 0.15) is 35.7 Å². The third-order valence-electron chi connectivity index (χ3n) is 3.25. The van der Waals surface area contributed by atoms with E-state index < -0.39 is 0 Å². The van der Waals surface area contributed by atoms with Gasteiger partial charge in [0.15, 0.2) is 0 Å². The van der Waals surface area contributed by atoms with Crippen molar-refractivity contribution in [1.29, 1.82) is 0 Å². The average molecular weight is 262 g/mol. The van der Waals surface area contributed by atoms with Gasteiger partial charge in [-0.05, 0) is 36.6 Å². The zero-order chi connectivity index (χ0) is 13.5. The van der Waals surface area contributed by atoms with Crippen molar-refractivity contribution in [3.8, 4) is 0 Å². The van der Waals surface area contributed by atoms with Crippen LogP contribution in [0.5, 0.6) is 0 Å². The maximum Gasteiger partial charge on any atom is 0.251 e. The Hall–Kier alpha value is -1.55. The molecule has 0 aromatic heterocycles. The van der Waals surface area contributed by atoms with Crippen LogP contribution in [0.3, 0.4) is 0 Å². The molecule has 0 atom stereocenters. The Morgan fingerprint density at radius 3 is 3.16 bits per heavy atom. The third kappa shape index (κ3) is 3.96. The van der Waals surface area contributed by atoms with E-state index in [0.29, 0.717) is 13.2 Å². The van der Waals surface area contributed by atoms with Crippen LogP contribution in [0.4, 0.5) is 5.69 Å². The van der Waals surface area contributed by atoms with E-state index in [0.717, 1.165) is 43.7 Å². The van der Waals surface area contributed by atoms with Crippen molar-refractivity contribution >= 4 is 11.6 Å². The first kappa shape index (κ1) is 13.9. The summed E-state index contributed by atoms with van der Waals surface area (Å²) in [6.07, 6.45) is 3.21. The quantitative estimate of drug-likeness (QED) is 0.741. The summed E-state index contributed by atoms with van der Waals surface area (Å²) in [6.45, 7) is 5.02. The Kier molecular flexibility index (Phi) is 5.21. The molecule has 4 heteroatoms. The lowest BCUT2D eigenvalue weighted by Gasteiger charge is -2.07. The van der Waals surface area contributed by atoms with Gasteiger partial charge in [-0.2, -0.15) is 0 Å². The van der Waals surface area contributed by atoms with Gasteiger partial charge in [-0.3, -0.25) is 4.79 Å². The van der Waals surface area contributed by atoms with Crippen molar-refractivity contribution < 1.29 is 9.53 Å². The normalized spacial score (nSPS) is 12.9. The van der Waals surface area contributed by atoms with Crippen molar-refractivity contribution in [1.82, 2.24) is 5.32 Å². The van der Waals surface area contributed by atoms with E-state index in [1.807, 2.05) is 18.2 Å². The van der Waals surface area contributed by atoms with Crippen LogP contribution in [0.25, 0.3) is 0 Å². The minimum absolute atomic E-state index is 0.0196. The van der Waals surface area contributed by atoms with Crippen LogP contribution >= 0.6 is 0 Å². The second-order valence-electron chi connectivity index (χ2n) is 4.77. The lowest BCUT2D eigenvalue weighted by molar-refractivity contribution is 0.0912. The van der Waals surface area contributed by atoms with Crippen molar-refractivity contribution in [3.63, 3.8) is 0 Å². The predicted octanol–water partition coefficient (Wildman–Crippen LogP) is 2.20. The highest BCUT2D eigenvalue weighted by molar-refractivity contribution is 5.95. The molecular formula is C15H22N2O2. The van der Waals surface area contributed by atoms with E-state index in [4.69, 9.17) is 4.74 Å². The molecule has 0 bridgehead atoms. The second-order valence-corrected chi connectivity index (χ2v) is 4.77. The van der Waals surface area contributed by atoms with Gasteiger partial charge in [0, 0.05) is 30.9 Å². The first-order chi connectivity index (χ1) is 9.31. The van der Waals surface area contributed by atoms with Crippen LogP contribution in [0, 0.1) is 0 Å². The molecule has 1 aromatic carbocycles. The zero-order valence-corrected chi connectivity index (χ0v) is 11.5. The number of fused-ring (bicyclic) bond motifs is 1. The predicted molar refractivity (Wildman–Crippen MR) is 76.7 cm³/mol. The second kappa shape index (κ2) is 7.14. The lowest BCUT2D eigenvalue weighted by atomic mass is 10.1. The summed E-state index contributed by atoms with van der Waals surface area (Å²) in [7, 11) is 0. The molecule has 2 rings (SSSR count). The number of benzene rings is 1. The van der Waals surface area contributed by atoms with Gasteiger partial charge in [0.25, 0.3) is 5.91 Å². The maximum absolute atomic E-state index is 11.9. The summed E-state index contributed by atoms with van der Waals surface area (Å²) in [5.41, 5.74) is 3.11. The van der Waals surface area contributed by atoms with Gasteiger partial charge in [-0.25, -0.2) is 0 Å². The third-order valence-corrected chi connectivity index (χ3v) is 3.25. The minimum atomic E-state index is -0.0196. The van der Waals surface area contributed by atoms with Crippen LogP contribution in [0.2, 0.25) is 0 Å². The Balaban J connectivity index is 1.74. The van der Waals surface area contributed by atoms with Gasteiger partial charge < -0.3 is 15.4 Å². The number of amides is 1. The van der Waals surface area contributed by atoms with Crippen molar-refractivity contribution in [2.75, 3.05) is 31.6 Å². The summed E-state index contributed by atoms with van der Waals surface area (Å²) in [5, 5.41) is 6.17. The van der Waals surface area contributed by atoms with Gasteiger partial charge in [-0.15, -0.1) is 0 Å². The lowest BCUT2D eigenvalue weighted by Crippen LogP contribution is -2.27. The zero-order valence-electron chi connectivity index (χ0n) is 11.5. The molecule has 0 saturated heterocycles. The highest BCUT2D eigenvalue weighted by Gasteiger charge is 2.12. The summed E-state index contributed by atoms with van der Waals surface area (Å²) in [5.74, 6) is -0.0196. The molecule has 2 N–H and O–H groups in total. The van der Waals surface area contributed by atoms with E-state index in [1.165, 1.54) is 5.56 Å². The number of ether oxygens (including phenoxy) is 1. The number of carbonyl (C=O) groups is 1. The standard InChI is InChI=1S/C15H22N2O2/c1-2-3-9-19-10-8-17-15(18)13-4-5-14-12(11-13)6-7-16-14/h4-5,11,16H,2-3,6-10H2,1H3,(H,17,18). The average Bonchev–Trinajstić information content (AvgIpc) is 2.89. The van der Waals surface area contributed by atoms with E-state index in [1.54, 1.807) is 0 Å². The minimum Gasteiger partial charge on any atom is -0.384 e. The Bertz CT molecular complexity index is 432. The molecule has 0 aliphatic carbocycles. The summed E-state index contributed by atoms with van der Waals surface area (Å²) in [4.78, 5) is 11.9. The smallest absolute Gasteiger partial charge is 0.251 e. The van der Waals surface area contributed by atoms with Crippen LogP contribution in [-0.4, -0.2) is 32.2 Å². The van der Waals surface area contributed by atoms with Crippen LogP contribution in [0.15, 0.2) is 18.2 Å². The fourth-order valence-electron chi connectivity index (χ4n) is 2.13. The SMILES string of the molecule is CCCCOCCNC(=O)c1ccc2c(c1)CCN2. The first-order valence-electron chi connectivity index (χ1n) is 7.04. The molecule has 1 amide bonds. The monoisotopic (exact) mass is 262 g/mol. The van der Waals surface area contributed by atoms with Crippen molar-refractivity contribution in [3.05, 3.63) is 29.3 Å². The number of hydrogen-bond acceptors (Lipinski definition) is 3. The molecular weight excluding hydrogens is 240 g/mol. The van der Waals surface area contributed by atoms with E-state index in [-0.39, 0.29) is 5.91 Å². The Labute approximate surface area is 114 Å². The number of unbranched alkanes of at least 4 members (excludes halogenated alkanes) is 1. The van der Waals surface area contributed by atoms with Crippen LogP contribution < -0.4 is 10.6 Å². The number of hydrogen-bond donors (Lipinski definition) is 2. The molecule has 19 heavy (non-hydrogen) atoms. The topological polar surface area (TPSA) is 50.4 Å². The molecule has 104 valence electrons. The maximum atomic E-state index is 11.9. The molecule has 0 saturated carbocycles. The Morgan fingerprint density at radius 1 is 1.42 bits per heavy atom. The van der Waals surface area contributed by atoms with Crippen molar-refractivity contribution in [2.24, 2.45) is 0 Å². The van der Waals surface area contributed by atoms with Crippen molar-refractivity contribution in [2.45, 2.75) is 26.2 Å². The fourth-order valence-corrected chi connectivity index (χ4v) is 2.13. The molecule has 1 aliphatic rings. The summed E-state index contributed by atoms with van der Waals surface area (Å²) >= 11 is 0. The van der Waals surface area contributed by atoms with Gasteiger partial charge in [-0.1, -0.05) is 13.3 Å². The molecule has 0 unspecified atom stereocenters. The van der Waals surface area contributed by atoms with E-state index in [9.17, 15) is 4.79 Å². The van der Waals surface area contributed by atoms with Gasteiger partial charge >= 0.3 is 0 Å². The summed E-state index contributed by atoms with van der Waals surface area (Å²) in [6, 6.07) is 5.82. The first-order valence-corrected chi connectivity index (χ1v) is 7.04. The number of carbonyl (C=O) groups excluding carboxylic acids is 1. The molecule has 0 spiro atoms. The fraction of sp³-hybridized carbons (Fsp3) is 0.533. The van der Waals surface area contributed by atoms with Gasteiger partial charge in [0.1, 0.15) is 0 Å². The number of nitrogens with one attached hydrogen (secondary N) is 2. The Morgan fingerprint density at radius 2 is 2.32 bits per heavy atom. The van der Waals surface area contributed by atoms with Gasteiger partial charge in [0.05, 0.1) is 6.61 Å².